The second-order valence-corrected chi connectivity index (χ2v) is 8.13. The van der Waals surface area contributed by atoms with Gasteiger partial charge < -0.3 is 15.5 Å². The van der Waals surface area contributed by atoms with Crippen molar-refractivity contribution in [3.8, 4) is 0 Å². The second kappa shape index (κ2) is 8.30. The zero-order valence-corrected chi connectivity index (χ0v) is 17.3. The lowest BCUT2D eigenvalue weighted by Crippen LogP contribution is -2.39. The number of nitrogens with zero attached hydrogens (tertiary/aromatic N) is 2. The minimum atomic E-state index is -0.884. The number of amides is 2. The van der Waals surface area contributed by atoms with E-state index in [1.807, 2.05) is 36.1 Å². The molecule has 1 saturated heterocycles. The van der Waals surface area contributed by atoms with Gasteiger partial charge in [0.25, 0.3) is 5.56 Å². The van der Waals surface area contributed by atoms with E-state index in [9.17, 15) is 14.4 Å². The molecule has 1 atom stereocenters. The van der Waals surface area contributed by atoms with Crippen LogP contribution in [0.3, 0.4) is 0 Å². The van der Waals surface area contributed by atoms with Crippen molar-refractivity contribution < 1.29 is 9.59 Å². The van der Waals surface area contributed by atoms with Crippen LogP contribution in [0.1, 0.15) is 50.2 Å². The Morgan fingerprint density at radius 2 is 1.97 bits per heavy atom. The van der Waals surface area contributed by atoms with Gasteiger partial charge in [0.05, 0.1) is 11.5 Å². The van der Waals surface area contributed by atoms with Gasteiger partial charge in [-0.1, -0.05) is 32.0 Å². The zero-order valence-electron chi connectivity index (χ0n) is 17.3. The van der Waals surface area contributed by atoms with Gasteiger partial charge in [-0.15, -0.1) is 0 Å². The molecule has 0 aliphatic carbocycles. The molecule has 3 N–H and O–H groups in total. The lowest BCUT2D eigenvalue weighted by molar-refractivity contribution is -0.123. The van der Waals surface area contributed by atoms with Crippen LogP contribution in [0.25, 0.3) is 0 Å². The first-order chi connectivity index (χ1) is 14.5. The number of para-hydroxylation sites is 1. The summed E-state index contributed by atoms with van der Waals surface area (Å²) in [4.78, 5) is 47.6. The number of rotatable bonds is 4. The molecule has 0 saturated carbocycles. The van der Waals surface area contributed by atoms with Gasteiger partial charge in [0.2, 0.25) is 17.8 Å². The molecule has 30 heavy (non-hydrogen) atoms. The van der Waals surface area contributed by atoms with Crippen molar-refractivity contribution in [2.75, 3.05) is 28.6 Å². The molecule has 1 aromatic heterocycles. The number of anilines is 3. The van der Waals surface area contributed by atoms with Gasteiger partial charge in [0, 0.05) is 25.2 Å². The SMILES string of the molecule is CCc1ccccc1NC(=O)[C@H]1CC(=O)Nc2nc(N3CCC(C)CC3)[nH]c(=O)c21. The monoisotopic (exact) mass is 409 g/mol. The van der Waals surface area contributed by atoms with E-state index in [1.165, 1.54) is 0 Å². The average Bonchev–Trinajstić information content (AvgIpc) is 2.73. The molecule has 0 unspecified atom stereocenters. The van der Waals surface area contributed by atoms with Gasteiger partial charge in [-0.3, -0.25) is 19.4 Å². The summed E-state index contributed by atoms with van der Waals surface area (Å²) >= 11 is 0. The Kier molecular flexibility index (Phi) is 5.57. The van der Waals surface area contributed by atoms with Gasteiger partial charge in [-0.25, -0.2) is 0 Å². The average molecular weight is 409 g/mol. The number of carbonyl (C=O) groups is 2. The number of benzene rings is 1. The number of carbonyl (C=O) groups excluding carboxylic acids is 2. The van der Waals surface area contributed by atoms with Crippen LogP contribution in [0.4, 0.5) is 17.5 Å². The first-order valence-corrected chi connectivity index (χ1v) is 10.5. The van der Waals surface area contributed by atoms with Crippen LogP contribution in [-0.4, -0.2) is 34.9 Å². The van der Waals surface area contributed by atoms with E-state index < -0.39 is 5.92 Å². The molecule has 8 heteroatoms. The highest BCUT2D eigenvalue weighted by molar-refractivity contribution is 6.04. The summed E-state index contributed by atoms with van der Waals surface area (Å²) < 4.78 is 0. The second-order valence-electron chi connectivity index (χ2n) is 8.13. The van der Waals surface area contributed by atoms with Crippen LogP contribution >= 0.6 is 0 Å². The molecule has 0 bridgehead atoms. The molecule has 158 valence electrons. The van der Waals surface area contributed by atoms with Crippen LogP contribution in [0, 0.1) is 5.92 Å². The van der Waals surface area contributed by atoms with Crippen molar-refractivity contribution in [1.29, 1.82) is 0 Å². The number of aryl methyl sites for hydroxylation is 1. The molecule has 1 aromatic carbocycles. The summed E-state index contributed by atoms with van der Waals surface area (Å²) in [6.07, 6.45) is 2.72. The summed E-state index contributed by atoms with van der Waals surface area (Å²) in [5.41, 5.74) is 1.53. The Morgan fingerprint density at radius 3 is 2.70 bits per heavy atom. The third kappa shape index (κ3) is 3.94. The summed E-state index contributed by atoms with van der Waals surface area (Å²) in [5.74, 6) is -0.299. The molecule has 0 radical (unpaired) electrons. The number of aromatic amines is 1. The normalized spacial score (nSPS) is 19.2. The summed E-state index contributed by atoms with van der Waals surface area (Å²) in [6.45, 7) is 5.81. The molecule has 4 rings (SSSR count). The lowest BCUT2D eigenvalue weighted by Gasteiger charge is -2.31. The predicted molar refractivity (Wildman–Crippen MR) is 116 cm³/mol. The molecule has 3 heterocycles. The van der Waals surface area contributed by atoms with Gasteiger partial charge in [0.15, 0.2) is 0 Å². The van der Waals surface area contributed by atoms with Crippen LogP contribution < -0.4 is 21.1 Å². The Balaban J connectivity index is 1.64. The minimum absolute atomic E-state index is 0.0849. The number of nitrogens with one attached hydrogen (secondary N) is 3. The number of fused-ring (bicyclic) bond motifs is 1. The summed E-state index contributed by atoms with van der Waals surface area (Å²) in [5, 5.41) is 5.58. The fourth-order valence-electron chi connectivity index (χ4n) is 4.12. The van der Waals surface area contributed by atoms with Gasteiger partial charge in [-0.2, -0.15) is 4.98 Å². The highest BCUT2D eigenvalue weighted by atomic mass is 16.2. The number of H-pyrrole nitrogens is 1. The van der Waals surface area contributed by atoms with E-state index in [0.717, 1.165) is 37.9 Å². The zero-order chi connectivity index (χ0) is 21.3. The molecule has 2 aliphatic heterocycles. The van der Waals surface area contributed by atoms with E-state index in [1.54, 1.807) is 0 Å². The highest BCUT2D eigenvalue weighted by Crippen LogP contribution is 2.31. The lowest BCUT2D eigenvalue weighted by atomic mass is 9.92. The number of aromatic nitrogens is 2. The summed E-state index contributed by atoms with van der Waals surface area (Å²) in [7, 11) is 0. The van der Waals surface area contributed by atoms with Crippen molar-refractivity contribution in [3.05, 3.63) is 45.7 Å². The standard InChI is InChI=1S/C22H27N5O3/c1-3-14-6-4-5-7-16(14)23-20(29)15-12-17(28)24-19-18(15)21(30)26-22(25-19)27-10-8-13(2)9-11-27/h4-7,13,15H,3,8-12H2,1-2H3,(H,23,29)(H2,24,25,26,28,30)/t15-/m0/s1. The van der Waals surface area contributed by atoms with E-state index in [0.29, 0.717) is 17.6 Å². The molecular weight excluding hydrogens is 382 g/mol. The van der Waals surface area contributed by atoms with E-state index >= 15 is 0 Å². The van der Waals surface area contributed by atoms with Crippen LogP contribution in [-0.2, 0) is 16.0 Å². The number of piperidine rings is 1. The Labute approximate surface area is 175 Å². The maximum Gasteiger partial charge on any atom is 0.258 e. The topological polar surface area (TPSA) is 107 Å². The van der Waals surface area contributed by atoms with Crippen molar-refractivity contribution in [3.63, 3.8) is 0 Å². The van der Waals surface area contributed by atoms with Gasteiger partial charge in [0.1, 0.15) is 5.82 Å². The molecular formula is C22H27N5O3. The van der Waals surface area contributed by atoms with Crippen LogP contribution in [0.15, 0.2) is 29.1 Å². The molecule has 0 spiro atoms. The fraction of sp³-hybridized carbons (Fsp3) is 0.455. The first kappa shape index (κ1) is 20.1. The van der Waals surface area contributed by atoms with Crippen molar-refractivity contribution in [1.82, 2.24) is 9.97 Å². The summed E-state index contributed by atoms with van der Waals surface area (Å²) in [6, 6.07) is 7.52. The van der Waals surface area contributed by atoms with Crippen LogP contribution in [0.5, 0.6) is 0 Å². The molecule has 1 fully saturated rings. The van der Waals surface area contributed by atoms with E-state index in [-0.39, 0.29) is 35.2 Å². The Hall–Kier alpha value is -3.16. The third-order valence-corrected chi connectivity index (χ3v) is 5.99. The van der Waals surface area contributed by atoms with Crippen molar-refractivity contribution >= 4 is 29.3 Å². The predicted octanol–water partition coefficient (Wildman–Crippen LogP) is 2.63. The van der Waals surface area contributed by atoms with Crippen molar-refractivity contribution in [2.24, 2.45) is 5.92 Å². The van der Waals surface area contributed by atoms with Gasteiger partial charge >= 0.3 is 0 Å². The first-order valence-electron chi connectivity index (χ1n) is 10.5. The molecule has 2 amide bonds. The maximum atomic E-state index is 13.0. The van der Waals surface area contributed by atoms with E-state index in [4.69, 9.17) is 0 Å². The van der Waals surface area contributed by atoms with E-state index in [2.05, 4.69) is 27.5 Å². The number of hydrogen-bond acceptors (Lipinski definition) is 5. The molecule has 2 aliphatic rings. The van der Waals surface area contributed by atoms with Crippen molar-refractivity contribution in [2.45, 2.75) is 45.4 Å². The Bertz CT molecular complexity index is 1020. The smallest absolute Gasteiger partial charge is 0.258 e. The highest BCUT2D eigenvalue weighted by Gasteiger charge is 2.35. The minimum Gasteiger partial charge on any atom is -0.342 e. The molecule has 2 aromatic rings. The fourth-order valence-corrected chi connectivity index (χ4v) is 4.12. The maximum absolute atomic E-state index is 13.0. The van der Waals surface area contributed by atoms with Crippen LogP contribution in [0.2, 0.25) is 0 Å². The molecule has 8 nitrogen and oxygen atoms in total. The Morgan fingerprint density at radius 1 is 1.23 bits per heavy atom. The van der Waals surface area contributed by atoms with Gasteiger partial charge in [-0.05, 0) is 36.8 Å². The third-order valence-electron chi connectivity index (χ3n) is 5.99. The quantitative estimate of drug-likeness (QED) is 0.720. The number of hydrogen-bond donors (Lipinski definition) is 3. The largest absolute Gasteiger partial charge is 0.342 e.